The van der Waals surface area contributed by atoms with Gasteiger partial charge in [-0.15, -0.1) is 0 Å². The van der Waals surface area contributed by atoms with E-state index in [1.54, 1.807) is 25.1 Å². The van der Waals surface area contributed by atoms with Crippen molar-refractivity contribution in [3.63, 3.8) is 0 Å². The maximum absolute atomic E-state index is 13.7. The lowest BCUT2D eigenvalue weighted by molar-refractivity contribution is 0.300. The minimum atomic E-state index is -0.420. The van der Waals surface area contributed by atoms with Gasteiger partial charge in [0.1, 0.15) is 23.8 Å². The molecule has 2 aromatic carbocycles. The molecule has 118 valence electrons. The zero-order valence-electron chi connectivity index (χ0n) is 12.7. The highest BCUT2D eigenvalue weighted by Gasteiger charge is 2.10. The topological polar surface area (TPSA) is 39.4 Å². The molecule has 0 fully saturated rings. The molecule has 0 unspecified atom stereocenters. The average Bonchev–Trinajstić information content (AvgIpc) is 2.52. The number of fused-ring (bicyclic) bond motifs is 1. The summed E-state index contributed by atoms with van der Waals surface area (Å²) in [6.07, 6.45) is 0. The van der Waals surface area contributed by atoms with E-state index in [0.717, 1.165) is 10.9 Å². The summed E-state index contributed by atoms with van der Waals surface area (Å²) in [5.74, 6) is 0.0551. The fraction of sp³-hybridized carbons (Fsp3) is 0.167. The Hall–Kier alpha value is -2.33. The van der Waals surface area contributed by atoms with Gasteiger partial charge >= 0.3 is 5.63 Å². The quantitative estimate of drug-likeness (QED) is 0.648. The van der Waals surface area contributed by atoms with Crippen molar-refractivity contribution in [2.75, 3.05) is 0 Å². The molecule has 3 nitrogen and oxygen atoms in total. The molecule has 0 amide bonds. The van der Waals surface area contributed by atoms with Gasteiger partial charge in [0.25, 0.3) is 0 Å². The van der Waals surface area contributed by atoms with E-state index in [2.05, 4.69) is 0 Å². The van der Waals surface area contributed by atoms with Gasteiger partial charge in [-0.1, -0.05) is 17.7 Å². The van der Waals surface area contributed by atoms with Crippen LogP contribution in [-0.2, 0) is 6.61 Å². The molecule has 0 aliphatic carbocycles. The zero-order valence-corrected chi connectivity index (χ0v) is 13.4. The van der Waals surface area contributed by atoms with Gasteiger partial charge in [-0.05, 0) is 43.7 Å². The lowest BCUT2D eigenvalue weighted by Crippen LogP contribution is -2.05. The van der Waals surface area contributed by atoms with E-state index in [9.17, 15) is 9.18 Å². The predicted octanol–water partition coefficient (Wildman–Crippen LogP) is 4.78. The maximum Gasteiger partial charge on any atom is 0.339 e. The summed E-state index contributed by atoms with van der Waals surface area (Å²) in [6, 6.07) is 9.67. The molecule has 1 heterocycles. The Morgan fingerprint density at radius 3 is 2.70 bits per heavy atom. The standard InChI is InChI=1S/C18H14ClFO3/c1-10-11(2)18(21)23-17-8-12(6-7-13(10)17)22-9-14-15(19)4-3-5-16(14)20/h3-8H,9H2,1-2H3. The van der Waals surface area contributed by atoms with Crippen LogP contribution in [0.25, 0.3) is 11.0 Å². The monoisotopic (exact) mass is 332 g/mol. The second-order valence-corrected chi connectivity index (χ2v) is 5.69. The number of halogens is 2. The molecule has 0 radical (unpaired) electrons. The molecule has 23 heavy (non-hydrogen) atoms. The van der Waals surface area contributed by atoms with Gasteiger partial charge in [0.15, 0.2) is 0 Å². The summed E-state index contributed by atoms with van der Waals surface area (Å²) in [4.78, 5) is 11.8. The Labute approximate surface area is 137 Å². The van der Waals surface area contributed by atoms with Crippen molar-refractivity contribution < 1.29 is 13.5 Å². The van der Waals surface area contributed by atoms with Crippen molar-refractivity contribution in [3.8, 4) is 5.75 Å². The van der Waals surface area contributed by atoms with Crippen molar-refractivity contribution in [1.82, 2.24) is 0 Å². The minimum Gasteiger partial charge on any atom is -0.489 e. The zero-order chi connectivity index (χ0) is 16.6. The number of hydrogen-bond donors (Lipinski definition) is 0. The van der Waals surface area contributed by atoms with Crippen LogP contribution >= 0.6 is 11.6 Å². The van der Waals surface area contributed by atoms with E-state index in [4.69, 9.17) is 20.8 Å². The SMILES string of the molecule is Cc1c(C)c2ccc(OCc3c(F)cccc3Cl)cc2oc1=O. The largest absolute Gasteiger partial charge is 0.489 e. The number of hydrogen-bond acceptors (Lipinski definition) is 3. The van der Waals surface area contributed by atoms with E-state index in [0.29, 0.717) is 21.9 Å². The Kier molecular flexibility index (Phi) is 4.09. The molecular formula is C18H14ClFO3. The number of aryl methyl sites for hydroxylation is 1. The molecule has 0 bridgehead atoms. The third-order valence-corrected chi connectivity index (χ3v) is 4.23. The first-order valence-corrected chi connectivity index (χ1v) is 7.45. The Bertz CT molecular complexity index is 927. The van der Waals surface area contributed by atoms with E-state index in [-0.39, 0.29) is 17.8 Å². The predicted molar refractivity (Wildman–Crippen MR) is 87.7 cm³/mol. The molecule has 1 aromatic heterocycles. The van der Waals surface area contributed by atoms with Crippen LogP contribution in [0.3, 0.4) is 0 Å². The van der Waals surface area contributed by atoms with Gasteiger partial charge in [0, 0.05) is 22.6 Å². The Morgan fingerprint density at radius 2 is 1.96 bits per heavy atom. The van der Waals surface area contributed by atoms with Crippen molar-refractivity contribution in [1.29, 1.82) is 0 Å². The number of ether oxygens (including phenoxy) is 1. The first-order valence-electron chi connectivity index (χ1n) is 7.07. The summed E-state index contributed by atoms with van der Waals surface area (Å²) < 4.78 is 24.6. The molecule has 0 aliphatic rings. The van der Waals surface area contributed by atoms with Crippen LogP contribution in [0.2, 0.25) is 5.02 Å². The summed E-state index contributed by atoms with van der Waals surface area (Å²) in [6.45, 7) is 3.59. The third kappa shape index (κ3) is 2.94. The fourth-order valence-corrected chi connectivity index (χ4v) is 2.56. The summed E-state index contributed by atoms with van der Waals surface area (Å²) in [5, 5.41) is 1.15. The van der Waals surface area contributed by atoms with E-state index in [1.807, 2.05) is 13.0 Å². The van der Waals surface area contributed by atoms with Crippen LogP contribution < -0.4 is 10.4 Å². The Balaban J connectivity index is 1.93. The lowest BCUT2D eigenvalue weighted by Gasteiger charge is -2.10. The van der Waals surface area contributed by atoms with E-state index >= 15 is 0 Å². The molecule has 0 atom stereocenters. The van der Waals surface area contributed by atoms with Gasteiger partial charge in [-0.3, -0.25) is 0 Å². The molecule has 0 saturated heterocycles. The average molecular weight is 333 g/mol. The third-order valence-electron chi connectivity index (χ3n) is 3.87. The molecule has 5 heteroatoms. The number of benzene rings is 2. The summed E-state index contributed by atoms with van der Waals surface area (Å²) >= 11 is 5.97. The number of rotatable bonds is 3. The van der Waals surface area contributed by atoms with Gasteiger partial charge in [-0.25, -0.2) is 9.18 Å². The van der Waals surface area contributed by atoms with E-state index in [1.165, 1.54) is 12.1 Å². The highest BCUT2D eigenvalue weighted by atomic mass is 35.5. The summed E-state index contributed by atoms with van der Waals surface area (Å²) in [7, 11) is 0. The Morgan fingerprint density at radius 1 is 1.17 bits per heavy atom. The van der Waals surface area contributed by atoms with Gasteiger partial charge in [0.05, 0.1) is 5.02 Å². The minimum absolute atomic E-state index is 0.00785. The lowest BCUT2D eigenvalue weighted by atomic mass is 10.1. The molecule has 0 aliphatic heterocycles. The normalized spacial score (nSPS) is 11.0. The van der Waals surface area contributed by atoms with Crippen LogP contribution in [0.15, 0.2) is 45.6 Å². The molecule has 3 rings (SSSR count). The van der Waals surface area contributed by atoms with Gasteiger partial charge in [-0.2, -0.15) is 0 Å². The van der Waals surface area contributed by atoms with Crippen LogP contribution in [0, 0.1) is 19.7 Å². The first-order chi connectivity index (χ1) is 11.0. The van der Waals surface area contributed by atoms with Crippen LogP contribution in [-0.4, -0.2) is 0 Å². The van der Waals surface area contributed by atoms with E-state index < -0.39 is 5.82 Å². The molecule has 3 aromatic rings. The van der Waals surface area contributed by atoms with Crippen LogP contribution in [0.5, 0.6) is 5.75 Å². The van der Waals surface area contributed by atoms with Crippen molar-refractivity contribution in [2.24, 2.45) is 0 Å². The second-order valence-electron chi connectivity index (χ2n) is 5.29. The summed E-state index contributed by atoms with van der Waals surface area (Å²) in [5.41, 5.74) is 1.82. The maximum atomic E-state index is 13.7. The van der Waals surface area contributed by atoms with Crippen molar-refractivity contribution >= 4 is 22.6 Å². The molecule has 0 saturated carbocycles. The highest BCUT2D eigenvalue weighted by molar-refractivity contribution is 6.31. The van der Waals surface area contributed by atoms with Crippen molar-refractivity contribution in [2.45, 2.75) is 20.5 Å². The van der Waals surface area contributed by atoms with Gasteiger partial charge < -0.3 is 9.15 Å². The molecular weight excluding hydrogens is 319 g/mol. The second kappa shape index (κ2) is 6.05. The first kappa shape index (κ1) is 15.6. The van der Waals surface area contributed by atoms with Crippen LogP contribution in [0.4, 0.5) is 4.39 Å². The van der Waals surface area contributed by atoms with Crippen molar-refractivity contribution in [3.05, 3.63) is 74.3 Å². The van der Waals surface area contributed by atoms with Gasteiger partial charge in [0.2, 0.25) is 0 Å². The molecule has 0 N–H and O–H groups in total. The molecule has 0 spiro atoms. The fourth-order valence-electron chi connectivity index (χ4n) is 2.34. The highest BCUT2D eigenvalue weighted by Crippen LogP contribution is 2.26. The van der Waals surface area contributed by atoms with Crippen LogP contribution in [0.1, 0.15) is 16.7 Å². The smallest absolute Gasteiger partial charge is 0.339 e.